The molecule has 1 saturated carbocycles. The van der Waals surface area contributed by atoms with Gasteiger partial charge in [-0.1, -0.05) is 19.4 Å². The Morgan fingerprint density at radius 2 is 2.22 bits per heavy atom. The maximum atomic E-state index is 13.7. The van der Waals surface area contributed by atoms with Crippen LogP contribution in [0.4, 0.5) is 4.39 Å². The van der Waals surface area contributed by atoms with Gasteiger partial charge in [-0.25, -0.2) is 4.39 Å². The Balaban J connectivity index is 1.89. The lowest BCUT2D eigenvalue weighted by Crippen LogP contribution is -2.25. The quantitative estimate of drug-likeness (QED) is 0.856. The average molecular weight is 251 g/mol. The van der Waals surface area contributed by atoms with Crippen molar-refractivity contribution in [2.75, 3.05) is 6.54 Å². The van der Waals surface area contributed by atoms with Crippen molar-refractivity contribution in [2.24, 2.45) is 11.8 Å². The van der Waals surface area contributed by atoms with Gasteiger partial charge < -0.3 is 10.4 Å². The van der Waals surface area contributed by atoms with E-state index in [0.29, 0.717) is 5.56 Å². The van der Waals surface area contributed by atoms with Gasteiger partial charge in [-0.3, -0.25) is 0 Å². The lowest BCUT2D eigenvalue weighted by molar-refractivity contribution is 0.429. The molecule has 2 nitrogen and oxygen atoms in total. The summed E-state index contributed by atoms with van der Waals surface area (Å²) in [7, 11) is 0. The van der Waals surface area contributed by atoms with Gasteiger partial charge in [0.15, 0.2) is 0 Å². The molecule has 3 heteroatoms. The molecule has 2 rings (SSSR count). The van der Waals surface area contributed by atoms with Crippen molar-refractivity contribution in [3.05, 3.63) is 29.6 Å². The number of hydrogen-bond donors (Lipinski definition) is 2. The lowest BCUT2D eigenvalue weighted by atomic mass is 10.0. The smallest absolute Gasteiger partial charge is 0.131 e. The zero-order chi connectivity index (χ0) is 13.1. The second-order valence-electron chi connectivity index (χ2n) is 5.62. The summed E-state index contributed by atoms with van der Waals surface area (Å²) in [6.45, 7) is 5.21. The van der Waals surface area contributed by atoms with Crippen LogP contribution >= 0.6 is 0 Å². The van der Waals surface area contributed by atoms with Crippen molar-refractivity contribution in [2.45, 2.75) is 39.2 Å². The fourth-order valence-electron chi connectivity index (χ4n) is 2.83. The number of rotatable bonds is 4. The molecule has 0 amide bonds. The fraction of sp³-hybridized carbons (Fsp3) is 0.600. The van der Waals surface area contributed by atoms with Gasteiger partial charge in [-0.2, -0.15) is 0 Å². The van der Waals surface area contributed by atoms with Crippen LogP contribution in [0, 0.1) is 17.7 Å². The number of aromatic hydroxyl groups is 1. The van der Waals surface area contributed by atoms with Gasteiger partial charge in [-0.15, -0.1) is 0 Å². The Hall–Kier alpha value is -1.09. The molecule has 0 spiro atoms. The van der Waals surface area contributed by atoms with Gasteiger partial charge in [0.05, 0.1) is 0 Å². The predicted molar refractivity (Wildman–Crippen MR) is 71.0 cm³/mol. The Morgan fingerprint density at radius 3 is 2.83 bits per heavy atom. The molecule has 0 saturated heterocycles. The molecule has 0 bridgehead atoms. The summed E-state index contributed by atoms with van der Waals surface area (Å²) in [5, 5.41) is 12.6. The van der Waals surface area contributed by atoms with E-state index in [4.69, 9.17) is 0 Å². The SMILES string of the molecule is CC1CCC(CNC(C)c2ccc(O)cc2F)C1. The van der Waals surface area contributed by atoms with E-state index in [-0.39, 0.29) is 17.6 Å². The third kappa shape index (κ3) is 3.22. The second kappa shape index (κ2) is 5.70. The van der Waals surface area contributed by atoms with Crippen LogP contribution in [0.2, 0.25) is 0 Å². The first kappa shape index (κ1) is 13.3. The summed E-state index contributed by atoms with van der Waals surface area (Å²) in [5.74, 6) is 1.20. The van der Waals surface area contributed by atoms with E-state index in [1.165, 1.54) is 31.4 Å². The third-order valence-corrected chi connectivity index (χ3v) is 3.97. The number of benzene rings is 1. The standard InChI is InChI=1S/C15H22FNO/c1-10-3-4-12(7-10)9-17-11(2)14-6-5-13(18)8-15(14)16/h5-6,8,10-12,17-18H,3-4,7,9H2,1-2H3. The minimum atomic E-state index is -0.338. The van der Waals surface area contributed by atoms with E-state index >= 15 is 0 Å². The summed E-state index contributed by atoms with van der Waals surface area (Å²) in [5.41, 5.74) is 0.624. The van der Waals surface area contributed by atoms with Gasteiger partial charge >= 0.3 is 0 Å². The molecule has 3 atom stereocenters. The van der Waals surface area contributed by atoms with Crippen molar-refractivity contribution in [1.29, 1.82) is 0 Å². The third-order valence-electron chi connectivity index (χ3n) is 3.97. The molecule has 100 valence electrons. The minimum Gasteiger partial charge on any atom is -0.508 e. The Kier molecular flexibility index (Phi) is 4.23. The maximum Gasteiger partial charge on any atom is 0.131 e. The van der Waals surface area contributed by atoms with Crippen LogP contribution < -0.4 is 5.32 Å². The highest BCUT2D eigenvalue weighted by molar-refractivity contribution is 5.29. The van der Waals surface area contributed by atoms with Crippen LogP contribution in [0.3, 0.4) is 0 Å². The highest BCUT2D eigenvalue weighted by Gasteiger charge is 2.22. The minimum absolute atomic E-state index is 0.0125. The average Bonchev–Trinajstić information content (AvgIpc) is 2.72. The molecule has 2 N–H and O–H groups in total. The van der Waals surface area contributed by atoms with E-state index in [0.717, 1.165) is 18.4 Å². The highest BCUT2D eigenvalue weighted by Crippen LogP contribution is 2.30. The Morgan fingerprint density at radius 1 is 1.44 bits per heavy atom. The Bertz CT molecular complexity index is 407. The number of nitrogens with one attached hydrogen (secondary N) is 1. The number of hydrogen-bond acceptors (Lipinski definition) is 2. The van der Waals surface area contributed by atoms with Crippen molar-refractivity contribution >= 4 is 0 Å². The van der Waals surface area contributed by atoms with Crippen LogP contribution in [0.5, 0.6) is 5.75 Å². The van der Waals surface area contributed by atoms with E-state index in [9.17, 15) is 9.50 Å². The van der Waals surface area contributed by atoms with Crippen LogP contribution in [0.1, 0.15) is 44.7 Å². The fourth-order valence-corrected chi connectivity index (χ4v) is 2.83. The van der Waals surface area contributed by atoms with Crippen molar-refractivity contribution in [1.82, 2.24) is 5.32 Å². The molecule has 0 aromatic heterocycles. The predicted octanol–water partition coefficient (Wildman–Crippen LogP) is 3.62. The summed E-state index contributed by atoms with van der Waals surface area (Å²) in [4.78, 5) is 0. The normalized spacial score (nSPS) is 25.3. The van der Waals surface area contributed by atoms with Crippen molar-refractivity contribution in [3.63, 3.8) is 0 Å². The second-order valence-corrected chi connectivity index (χ2v) is 5.62. The van der Waals surface area contributed by atoms with Crippen LogP contribution in [-0.2, 0) is 0 Å². The first-order valence-corrected chi connectivity index (χ1v) is 6.78. The number of phenols is 1. The van der Waals surface area contributed by atoms with Gasteiger partial charge in [-0.05, 0) is 44.2 Å². The Labute approximate surface area is 108 Å². The first-order chi connectivity index (χ1) is 8.56. The molecular weight excluding hydrogens is 229 g/mol. The molecule has 3 unspecified atom stereocenters. The van der Waals surface area contributed by atoms with Gasteiger partial charge in [0.1, 0.15) is 11.6 Å². The van der Waals surface area contributed by atoms with Crippen LogP contribution in [-0.4, -0.2) is 11.7 Å². The first-order valence-electron chi connectivity index (χ1n) is 6.78. The molecule has 0 radical (unpaired) electrons. The molecule has 1 fully saturated rings. The highest BCUT2D eigenvalue weighted by atomic mass is 19.1. The molecule has 1 aliphatic rings. The molecule has 0 aliphatic heterocycles. The van der Waals surface area contributed by atoms with E-state index < -0.39 is 0 Å². The van der Waals surface area contributed by atoms with Crippen LogP contribution in [0.15, 0.2) is 18.2 Å². The van der Waals surface area contributed by atoms with Gasteiger partial charge in [0.2, 0.25) is 0 Å². The molecule has 18 heavy (non-hydrogen) atoms. The molecule has 1 aromatic rings. The lowest BCUT2D eigenvalue weighted by Gasteiger charge is -2.18. The molecule has 1 aromatic carbocycles. The number of phenolic OH excluding ortho intramolecular Hbond substituents is 1. The summed E-state index contributed by atoms with van der Waals surface area (Å²) in [6, 6.07) is 4.35. The monoisotopic (exact) mass is 251 g/mol. The van der Waals surface area contributed by atoms with Crippen molar-refractivity contribution in [3.8, 4) is 5.75 Å². The van der Waals surface area contributed by atoms with Gasteiger partial charge in [0, 0.05) is 17.7 Å². The summed E-state index contributed by atoms with van der Waals surface area (Å²) >= 11 is 0. The maximum absolute atomic E-state index is 13.7. The topological polar surface area (TPSA) is 32.3 Å². The van der Waals surface area contributed by atoms with E-state index in [2.05, 4.69) is 12.2 Å². The molecule has 1 aliphatic carbocycles. The molecule has 0 heterocycles. The van der Waals surface area contributed by atoms with E-state index in [1.54, 1.807) is 6.07 Å². The zero-order valence-electron chi connectivity index (χ0n) is 11.1. The van der Waals surface area contributed by atoms with E-state index in [1.807, 2.05) is 6.92 Å². The summed E-state index contributed by atoms with van der Waals surface area (Å²) in [6.07, 6.45) is 3.87. The largest absolute Gasteiger partial charge is 0.508 e. The van der Waals surface area contributed by atoms with Gasteiger partial charge in [0.25, 0.3) is 0 Å². The van der Waals surface area contributed by atoms with Crippen molar-refractivity contribution < 1.29 is 9.50 Å². The zero-order valence-corrected chi connectivity index (χ0v) is 11.1. The molecular formula is C15H22FNO. The van der Waals surface area contributed by atoms with Crippen LogP contribution in [0.25, 0.3) is 0 Å². The number of halogens is 1. The summed E-state index contributed by atoms with van der Waals surface area (Å²) < 4.78 is 13.7.